The fourth-order valence-electron chi connectivity index (χ4n) is 2.89. The number of carbonyl (C=O) groups is 4. The van der Waals surface area contributed by atoms with Gasteiger partial charge in [-0.15, -0.1) is 0 Å². The summed E-state index contributed by atoms with van der Waals surface area (Å²) in [7, 11) is 0. The molecule has 0 aliphatic rings. The Balaban J connectivity index is 1.83. The first-order chi connectivity index (χ1) is 16.0. The molecule has 3 aromatic carbocycles. The summed E-state index contributed by atoms with van der Waals surface area (Å²) < 4.78 is 10.2. The van der Waals surface area contributed by atoms with Crippen molar-refractivity contribution >= 4 is 23.8 Å². The number of carboxylic acid groups (broad SMARTS) is 1. The Bertz CT molecular complexity index is 1100. The van der Waals surface area contributed by atoms with Crippen molar-refractivity contribution in [3.8, 4) is 0 Å². The molecule has 3 rings (SSSR count). The van der Waals surface area contributed by atoms with Crippen LogP contribution in [0.4, 0.5) is 0 Å². The Labute approximate surface area is 189 Å². The first kappa shape index (κ1) is 23.2. The van der Waals surface area contributed by atoms with E-state index in [1.165, 1.54) is 24.3 Å². The minimum Gasteiger partial charge on any atom is -0.546 e. The maximum absolute atomic E-state index is 12.9. The zero-order chi connectivity index (χ0) is 23.6. The van der Waals surface area contributed by atoms with E-state index in [1.807, 2.05) is 0 Å². The molecular weight excluding hydrogens is 426 g/mol. The highest BCUT2D eigenvalue weighted by molar-refractivity contribution is 5.96. The molecular formula is C25H20NO7-. The molecule has 0 aliphatic heterocycles. The summed E-state index contributed by atoms with van der Waals surface area (Å²) in [6, 6.07) is 24.1. The first-order valence-electron chi connectivity index (χ1n) is 10.0. The zero-order valence-electron chi connectivity index (χ0n) is 17.4. The molecule has 0 bridgehead atoms. The lowest BCUT2D eigenvalue weighted by Gasteiger charge is -2.27. The van der Waals surface area contributed by atoms with E-state index in [0.29, 0.717) is 0 Å². The minimum atomic E-state index is -2.18. The van der Waals surface area contributed by atoms with Gasteiger partial charge in [0.05, 0.1) is 17.1 Å². The Morgan fingerprint density at radius 2 is 1.09 bits per heavy atom. The van der Waals surface area contributed by atoms with Crippen molar-refractivity contribution in [3.05, 3.63) is 108 Å². The molecule has 0 aliphatic carbocycles. The molecule has 8 heteroatoms. The molecule has 0 fully saturated rings. The smallest absolute Gasteiger partial charge is 0.339 e. The highest BCUT2D eigenvalue weighted by atomic mass is 16.6. The summed E-state index contributed by atoms with van der Waals surface area (Å²) in [5, 5.41) is 14.4. The average molecular weight is 446 g/mol. The molecule has 8 nitrogen and oxygen atoms in total. The minimum absolute atomic E-state index is 0.0332. The molecule has 2 atom stereocenters. The molecule has 1 amide bonds. The quantitative estimate of drug-likeness (QED) is 0.494. The maximum atomic E-state index is 12.9. The number of ether oxygens (including phenoxy) is 2. The molecule has 0 saturated carbocycles. The Kier molecular flexibility index (Phi) is 7.91. The second-order valence-electron chi connectivity index (χ2n) is 6.91. The molecule has 0 unspecified atom stereocenters. The highest BCUT2D eigenvalue weighted by Crippen LogP contribution is 2.13. The van der Waals surface area contributed by atoms with Gasteiger partial charge < -0.3 is 24.7 Å². The summed E-state index contributed by atoms with van der Waals surface area (Å²) in [4.78, 5) is 49.7. The van der Waals surface area contributed by atoms with E-state index in [4.69, 9.17) is 9.47 Å². The topological polar surface area (TPSA) is 122 Å². The van der Waals surface area contributed by atoms with Crippen LogP contribution in [0.3, 0.4) is 0 Å². The fourth-order valence-corrected chi connectivity index (χ4v) is 2.89. The van der Waals surface area contributed by atoms with E-state index in [1.54, 1.807) is 66.7 Å². The van der Waals surface area contributed by atoms with Crippen molar-refractivity contribution in [2.45, 2.75) is 18.8 Å². The number of hydrogen-bond acceptors (Lipinski definition) is 7. The lowest BCUT2D eigenvalue weighted by atomic mass is 10.1. The van der Waals surface area contributed by atoms with Crippen LogP contribution in [0.1, 0.15) is 26.3 Å². The van der Waals surface area contributed by atoms with Gasteiger partial charge in [-0.3, -0.25) is 4.79 Å². The molecule has 0 aromatic heterocycles. The van der Waals surface area contributed by atoms with Crippen molar-refractivity contribution in [2.24, 2.45) is 0 Å². The van der Waals surface area contributed by atoms with Gasteiger partial charge in [0.15, 0.2) is 6.10 Å². The monoisotopic (exact) mass is 446 g/mol. The molecule has 0 radical (unpaired) electrons. The van der Waals surface area contributed by atoms with E-state index in [9.17, 15) is 24.3 Å². The van der Waals surface area contributed by atoms with Crippen molar-refractivity contribution in [2.75, 3.05) is 0 Å². The van der Waals surface area contributed by atoms with E-state index in [0.717, 1.165) is 5.56 Å². The number of carboxylic acids is 1. The number of benzene rings is 3. The van der Waals surface area contributed by atoms with Gasteiger partial charge in [-0.05, 0) is 29.8 Å². The number of aliphatic carboxylic acids is 1. The zero-order valence-corrected chi connectivity index (χ0v) is 17.4. The van der Waals surface area contributed by atoms with Gasteiger partial charge in [-0.25, -0.2) is 9.59 Å². The third-order valence-electron chi connectivity index (χ3n) is 4.56. The van der Waals surface area contributed by atoms with Crippen molar-refractivity contribution < 1.29 is 33.8 Å². The molecule has 168 valence electrons. The van der Waals surface area contributed by atoms with Crippen LogP contribution in [0.5, 0.6) is 0 Å². The van der Waals surface area contributed by atoms with E-state index in [-0.39, 0.29) is 17.7 Å². The van der Waals surface area contributed by atoms with Crippen molar-refractivity contribution in [1.82, 2.24) is 5.32 Å². The van der Waals surface area contributed by atoms with Crippen LogP contribution in [0.15, 0.2) is 91.0 Å². The Morgan fingerprint density at radius 3 is 1.55 bits per heavy atom. The van der Waals surface area contributed by atoms with Crippen LogP contribution >= 0.6 is 0 Å². The summed E-state index contributed by atoms with van der Waals surface area (Å²) in [5.74, 6) is -4.82. The summed E-state index contributed by atoms with van der Waals surface area (Å²) in [5.41, 5.74) is 0.872. The largest absolute Gasteiger partial charge is 0.546 e. The van der Waals surface area contributed by atoms with E-state index < -0.39 is 36.0 Å². The predicted octanol–water partition coefficient (Wildman–Crippen LogP) is 1.50. The summed E-state index contributed by atoms with van der Waals surface area (Å²) in [6.07, 6.45) is -4.17. The van der Waals surface area contributed by atoms with Crippen LogP contribution in [0.2, 0.25) is 0 Å². The van der Waals surface area contributed by atoms with E-state index in [2.05, 4.69) is 5.32 Å². The maximum Gasteiger partial charge on any atom is 0.339 e. The SMILES string of the molecule is O=C(O[C@H](C(=O)NCc1ccccc1)[C@@H](OC(=O)c1ccccc1)C(=O)[O-])c1ccccc1. The fraction of sp³-hybridized carbons (Fsp3) is 0.120. The third kappa shape index (κ3) is 6.51. The molecule has 0 saturated heterocycles. The Morgan fingerprint density at radius 1 is 0.667 bits per heavy atom. The van der Waals surface area contributed by atoms with Crippen LogP contribution in [0, 0.1) is 0 Å². The Hall–Kier alpha value is -4.46. The van der Waals surface area contributed by atoms with Crippen LogP contribution in [-0.2, 0) is 25.6 Å². The number of carbonyl (C=O) groups excluding carboxylic acids is 4. The molecule has 0 heterocycles. The summed E-state index contributed by atoms with van der Waals surface area (Å²) >= 11 is 0. The second-order valence-corrected chi connectivity index (χ2v) is 6.91. The first-order valence-corrected chi connectivity index (χ1v) is 10.0. The van der Waals surface area contributed by atoms with Gasteiger partial charge in [-0.2, -0.15) is 0 Å². The third-order valence-corrected chi connectivity index (χ3v) is 4.56. The van der Waals surface area contributed by atoms with Gasteiger partial charge >= 0.3 is 11.9 Å². The lowest BCUT2D eigenvalue weighted by molar-refractivity contribution is -0.317. The number of rotatable bonds is 9. The van der Waals surface area contributed by atoms with Crippen LogP contribution in [-0.4, -0.2) is 36.0 Å². The van der Waals surface area contributed by atoms with Crippen LogP contribution < -0.4 is 10.4 Å². The summed E-state index contributed by atoms with van der Waals surface area (Å²) in [6.45, 7) is 0.0332. The number of esters is 2. The lowest BCUT2D eigenvalue weighted by Crippen LogP contribution is -2.54. The number of nitrogens with one attached hydrogen (secondary N) is 1. The standard InChI is InChI=1S/C25H21NO7/c27-22(26-16-17-10-4-1-5-11-17)20(32-24(30)18-12-6-2-7-13-18)21(23(28)29)33-25(31)19-14-8-3-9-15-19/h1-15,20-21H,16H2,(H,26,27)(H,28,29)/p-1/t20-,21+/m0/s1. The average Bonchev–Trinajstić information content (AvgIpc) is 2.86. The van der Waals surface area contributed by atoms with Gasteiger partial charge in [0.2, 0.25) is 6.10 Å². The van der Waals surface area contributed by atoms with Crippen molar-refractivity contribution in [1.29, 1.82) is 0 Å². The van der Waals surface area contributed by atoms with E-state index >= 15 is 0 Å². The van der Waals surface area contributed by atoms with Gasteiger partial charge in [0.1, 0.15) is 0 Å². The number of amides is 1. The van der Waals surface area contributed by atoms with Gasteiger partial charge in [0, 0.05) is 6.54 Å². The van der Waals surface area contributed by atoms with Gasteiger partial charge in [-0.1, -0.05) is 66.7 Å². The highest BCUT2D eigenvalue weighted by Gasteiger charge is 2.36. The second kappa shape index (κ2) is 11.2. The number of hydrogen-bond donors (Lipinski definition) is 1. The van der Waals surface area contributed by atoms with Crippen LogP contribution in [0.25, 0.3) is 0 Å². The predicted molar refractivity (Wildman–Crippen MR) is 115 cm³/mol. The molecule has 33 heavy (non-hydrogen) atoms. The molecule has 1 N–H and O–H groups in total. The normalized spacial score (nSPS) is 12.1. The molecule has 3 aromatic rings. The molecule has 0 spiro atoms. The van der Waals surface area contributed by atoms with Gasteiger partial charge in [0.25, 0.3) is 5.91 Å². The van der Waals surface area contributed by atoms with Crippen molar-refractivity contribution in [3.63, 3.8) is 0 Å².